The van der Waals surface area contributed by atoms with Crippen LogP contribution in [0.4, 0.5) is 5.69 Å². The number of benzene rings is 1. The maximum atomic E-state index is 12.0. The lowest BCUT2D eigenvalue weighted by Gasteiger charge is -2.17. The van der Waals surface area contributed by atoms with Crippen molar-refractivity contribution in [3.05, 3.63) is 54.0 Å². The fourth-order valence-corrected chi connectivity index (χ4v) is 2.21. The second-order valence-corrected chi connectivity index (χ2v) is 6.56. The van der Waals surface area contributed by atoms with E-state index in [1.807, 2.05) is 0 Å². The molecule has 112 valence electrons. The summed E-state index contributed by atoms with van der Waals surface area (Å²) < 4.78 is 29.3. The van der Waals surface area contributed by atoms with E-state index in [-0.39, 0.29) is 12.5 Å². The first kappa shape index (κ1) is 15.1. The number of nitrogens with one attached hydrogen (secondary N) is 1. The van der Waals surface area contributed by atoms with Gasteiger partial charge < -0.3 is 9.73 Å². The molecular formula is C14H16N2O4S. The van der Waals surface area contributed by atoms with Crippen LogP contribution in [0.25, 0.3) is 0 Å². The third-order valence-corrected chi connectivity index (χ3v) is 4.18. The van der Waals surface area contributed by atoms with Crippen LogP contribution in [0, 0.1) is 0 Å². The molecule has 0 aliphatic carbocycles. The van der Waals surface area contributed by atoms with E-state index < -0.39 is 10.0 Å². The number of nitrogens with zero attached hydrogens (tertiary/aromatic N) is 1. The number of carbonyl (C=O) groups is 1. The Morgan fingerprint density at radius 1 is 1.29 bits per heavy atom. The maximum Gasteiger partial charge on any atom is 0.251 e. The molecule has 1 heterocycles. The van der Waals surface area contributed by atoms with Gasteiger partial charge in [-0.15, -0.1) is 0 Å². The lowest BCUT2D eigenvalue weighted by atomic mass is 10.2. The number of hydrogen-bond acceptors (Lipinski definition) is 4. The number of furan rings is 1. The molecule has 0 bridgehead atoms. The normalized spacial score (nSPS) is 11.1. The highest BCUT2D eigenvalue weighted by molar-refractivity contribution is 7.92. The van der Waals surface area contributed by atoms with Gasteiger partial charge in [0.25, 0.3) is 5.91 Å². The molecule has 0 radical (unpaired) electrons. The Morgan fingerprint density at radius 3 is 2.67 bits per heavy atom. The predicted octanol–water partition coefficient (Wildman–Crippen LogP) is 1.61. The van der Waals surface area contributed by atoms with Gasteiger partial charge in [-0.3, -0.25) is 9.10 Å². The van der Waals surface area contributed by atoms with Crippen molar-refractivity contribution >= 4 is 21.6 Å². The molecule has 0 aliphatic rings. The zero-order valence-corrected chi connectivity index (χ0v) is 12.6. The molecule has 0 spiro atoms. The summed E-state index contributed by atoms with van der Waals surface area (Å²) in [5.41, 5.74) is 0.817. The Hall–Kier alpha value is -2.28. The lowest BCUT2D eigenvalue weighted by molar-refractivity contribution is 0.0948. The van der Waals surface area contributed by atoms with Gasteiger partial charge in [0.15, 0.2) is 0 Å². The van der Waals surface area contributed by atoms with Crippen molar-refractivity contribution in [2.75, 3.05) is 17.6 Å². The van der Waals surface area contributed by atoms with Gasteiger partial charge in [0.05, 0.1) is 24.8 Å². The van der Waals surface area contributed by atoms with Crippen LogP contribution in [0.2, 0.25) is 0 Å². The first-order valence-corrected chi connectivity index (χ1v) is 8.07. The van der Waals surface area contributed by atoms with Crippen molar-refractivity contribution in [1.29, 1.82) is 0 Å². The van der Waals surface area contributed by atoms with E-state index in [2.05, 4.69) is 5.32 Å². The Morgan fingerprint density at radius 2 is 2.05 bits per heavy atom. The Balaban J connectivity index is 2.11. The molecule has 2 rings (SSSR count). The Labute approximate surface area is 123 Å². The highest BCUT2D eigenvalue weighted by Crippen LogP contribution is 2.17. The first-order valence-electron chi connectivity index (χ1n) is 6.22. The largest absolute Gasteiger partial charge is 0.467 e. The zero-order chi connectivity index (χ0) is 15.5. The van der Waals surface area contributed by atoms with E-state index in [1.54, 1.807) is 30.3 Å². The molecule has 0 unspecified atom stereocenters. The summed E-state index contributed by atoms with van der Waals surface area (Å²) in [5.74, 6) is 0.350. The predicted molar refractivity (Wildman–Crippen MR) is 79.6 cm³/mol. The van der Waals surface area contributed by atoms with E-state index in [0.29, 0.717) is 17.0 Å². The quantitative estimate of drug-likeness (QED) is 0.910. The zero-order valence-electron chi connectivity index (χ0n) is 11.7. The van der Waals surface area contributed by atoms with Crippen LogP contribution in [0.15, 0.2) is 47.1 Å². The molecule has 0 aliphatic heterocycles. The minimum Gasteiger partial charge on any atom is -0.467 e. The van der Waals surface area contributed by atoms with Crippen molar-refractivity contribution in [1.82, 2.24) is 5.32 Å². The van der Waals surface area contributed by atoms with Gasteiger partial charge in [0.2, 0.25) is 10.0 Å². The number of carbonyl (C=O) groups excluding carboxylic acids is 1. The highest BCUT2D eigenvalue weighted by atomic mass is 32.2. The molecule has 1 aromatic carbocycles. The summed E-state index contributed by atoms with van der Waals surface area (Å²) in [4.78, 5) is 12.0. The van der Waals surface area contributed by atoms with E-state index >= 15 is 0 Å². The fraction of sp³-hybridized carbons (Fsp3) is 0.214. The Kier molecular flexibility index (Phi) is 4.32. The number of amides is 1. The third kappa shape index (κ3) is 3.85. The Bertz CT molecular complexity index is 723. The van der Waals surface area contributed by atoms with Crippen LogP contribution >= 0.6 is 0 Å². The number of hydrogen-bond donors (Lipinski definition) is 1. The molecule has 21 heavy (non-hydrogen) atoms. The number of anilines is 1. The first-order chi connectivity index (χ1) is 9.88. The third-order valence-electron chi connectivity index (χ3n) is 2.97. The van der Waals surface area contributed by atoms with E-state index in [4.69, 9.17) is 4.42 Å². The summed E-state index contributed by atoms with van der Waals surface area (Å²) in [6, 6.07) is 9.91. The van der Waals surface area contributed by atoms with Gasteiger partial charge >= 0.3 is 0 Å². The lowest BCUT2D eigenvalue weighted by Crippen LogP contribution is -2.26. The van der Waals surface area contributed by atoms with Gasteiger partial charge in [-0.2, -0.15) is 0 Å². The van der Waals surface area contributed by atoms with E-state index in [9.17, 15) is 13.2 Å². The smallest absolute Gasteiger partial charge is 0.251 e. The second kappa shape index (κ2) is 6.01. The minimum atomic E-state index is -3.36. The van der Waals surface area contributed by atoms with Gasteiger partial charge in [0, 0.05) is 12.6 Å². The SMILES string of the molecule is CN(c1cccc(C(=O)NCc2ccco2)c1)S(C)(=O)=O. The van der Waals surface area contributed by atoms with Gasteiger partial charge in [0.1, 0.15) is 5.76 Å². The molecule has 6 nitrogen and oxygen atoms in total. The van der Waals surface area contributed by atoms with Gasteiger partial charge in [-0.05, 0) is 30.3 Å². The molecule has 1 N–H and O–H groups in total. The second-order valence-electron chi connectivity index (χ2n) is 4.54. The molecule has 1 aromatic heterocycles. The van der Waals surface area contributed by atoms with Gasteiger partial charge in [-0.1, -0.05) is 6.07 Å². The maximum absolute atomic E-state index is 12.0. The monoisotopic (exact) mass is 308 g/mol. The van der Waals surface area contributed by atoms with Crippen molar-refractivity contribution in [2.24, 2.45) is 0 Å². The molecule has 2 aromatic rings. The summed E-state index contributed by atoms with van der Waals surface area (Å²) in [6.45, 7) is 0.276. The number of sulfonamides is 1. The molecule has 0 fully saturated rings. The summed E-state index contributed by atoms with van der Waals surface area (Å²) in [6.07, 6.45) is 2.64. The van der Waals surface area contributed by atoms with Gasteiger partial charge in [-0.25, -0.2) is 8.42 Å². The van der Waals surface area contributed by atoms with Crippen LogP contribution in [0.1, 0.15) is 16.1 Å². The van der Waals surface area contributed by atoms with Crippen LogP contribution in [-0.2, 0) is 16.6 Å². The van der Waals surface area contributed by atoms with Crippen LogP contribution in [0.5, 0.6) is 0 Å². The van der Waals surface area contributed by atoms with Crippen LogP contribution < -0.4 is 9.62 Å². The van der Waals surface area contributed by atoms with E-state index in [0.717, 1.165) is 10.6 Å². The topological polar surface area (TPSA) is 79.6 Å². The average Bonchev–Trinajstić information content (AvgIpc) is 2.96. The standard InChI is InChI=1S/C14H16N2O4S/c1-16(21(2,18)19)12-6-3-5-11(9-12)14(17)15-10-13-7-4-8-20-13/h3-9H,10H2,1-2H3,(H,15,17). The van der Waals surface area contributed by atoms with Crippen LogP contribution in [-0.4, -0.2) is 27.6 Å². The summed E-state index contributed by atoms with van der Waals surface area (Å²) in [7, 11) is -1.92. The highest BCUT2D eigenvalue weighted by Gasteiger charge is 2.14. The van der Waals surface area contributed by atoms with Crippen molar-refractivity contribution in [3.63, 3.8) is 0 Å². The van der Waals surface area contributed by atoms with Crippen molar-refractivity contribution in [3.8, 4) is 0 Å². The fourth-order valence-electron chi connectivity index (χ4n) is 1.72. The van der Waals surface area contributed by atoms with E-state index in [1.165, 1.54) is 19.4 Å². The molecular weight excluding hydrogens is 292 g/mol. The molecule has 7 heteroatoms. The number of rotatable bonds is 5. The van der Waals surface area contributed by atoms with Crippen molar-refractivity contribution in [2.45, 2.75) is 6.54 Å². The minimum absolute atomic E-state index is 0.276. The molecule has 0 saturated heterocycles. The average molecular weight is 308 g/mol. The molecule has 0 saturated carbocycles. The molecule has 1 amide bonds. The molecule has 0 atom stereocenters. The van der Waals surface area contributed by atoms with Crippen molar-refractivity contribution < 1.29 is 17.6 Å². The summed E-state index contributed by atoms with van der Waals surface area (Å²) in [5, 5.41) is 2.71. The van der Waals surface area contributed by atoms with Crippen LogP contribution in [0.3, 0.4) is 0 Å². The summed E-state index contributed by atoms with van der Waals surface area (Å²) >= 11 is 0.